The number of benzene rings is 2. The number of hydrogen-bond acceptors (Lipinski definition) is 2. The summed E-state index contributed by atoms with van der Waals surface area (Å²) in [5.74, 6) is -0.0408. The number of imidazole rings is 1. The van der Waals surface area contributed by atoms with Gasteiger partial charge >= 0.3 is 18.0 Å². The minimum Gasteiger partial charge on any atom is -0.495 e. The van der Waals surface area contributed by atoms with Gasteiger partial charge in [-0.05, 0) is 36.4 Å². The highest BCUT2D eigenvalue weighted by Crippen LogP contribution is 2.35. The predicted octanol–water partition coefficient (Wildman–Crippen LogP) is 4.37. The molecule has 0 amide bonds. The predicted molar refractivity (Wildman–Crippen MR) is 80.5 cm³/mol. The third-order valence-electron chi connectivity index (χ3n) is 3.76. The summed E-state index contributed by atoms with van der Waals surface area (Å²) < 4.78 is 83.2. The Hall–Kier alpha value is -2.91. The first-order valence-corrected chi connectivity index (χ1v) is 7.10. The summed E-state index contributed by atoms with van der Waals surface area (Å²) in [7, 11) is 1.20. The van der Waals surface area contributed by atoms with Crippen molar-refractivity contribution in [3.63, 3.8) is 0 Å². The van der Waals surface area contributed by atoms with Gasteiger partial charge in [-0.2, -0.15) is 26.3 Å². The number of halogens is 6. The SMILES string of the molecule is COc1ccc(C(F)(F)F)cc1-n1c(=O)[nH]c2cc(C(F)(F)F)ccc21. The highest BCUT2D eigenvalue weighted by Gasteiger charge is 2.33. The van der Waals surface area contributed by atoms with Crippen LogP contribution in [0.15, 0.2) is 41.2 Å². The highest BCUT2D eigenvalue weighted by molar-refractivity contribution is 5.79. The van der Waals surface area contributed by atoms with Crippen molar-refractivity contribution in [2.24, 2.45) is 0 Å². The summed E-state index contributed by atoms with van der Waals surface area (Å²) in [5, 5.41) is 0. The van der Waals surface area contributed by atoms with E-state index >= 15 is 0 Å². The fourth-order valence-electron chi connectivity index (χ4n) is 2.57. The molecule has 0 spiro atoms. The molecule has 1 aromatic heterocycles. The second-order valence-corrected chi connectivity index (χ2v) is 5.38. The summed E-state index contributed by atoms with van der Waals surface area (Å²) in [5.41, 5.74) is -3.32. The van der Waals surface area contributed by atoms with Crippen LogP contribution in [-0.2, 0) is 12.4 Å². The molecule has 3 aromatic rings. The Morgan fingerprint density at radius 2 is 1.50 bits per heavy atom. The van der Waals surface area contributed by atoms with Gasteiger partial charge in [0, 0.05) is 0 Å². The second kappa shape index (κ2) is 5.82. The molecule has 1 heterocycles. The first-order valence-electron chi connectivity index (χ1n) is 7.10. The van der Waals surface area contributed by atoms with E-state index in [1.54, 1.807) is 0 Å². The normalized spacial score (nSPS) is 12.6. The van der Waals surface area contributed by atoms with Crippen LogP contribution in [-0.4, -0.2) is 16.7 Å². The summed E-state index contributed by atoms with van der Waals surface area (Å²) in [6, 6.07) is 4.98. The zero-order valence-corrected chi connectivity index (χ0v) is 13.0. The van der Waals surface area contributed by atoms with Crippen molar-refractivity contribution in [3.05, 3.63) is 58.0 Å². The Kier molecular flexibility index (Phi) is 4.01. The Morgan fingerprint density at radius 1 is 0.923 bits per heavy atom. The van der Waals surface area contributed by atoms with Gasteiger partial charge in [-0.25, -0.2) is 4.79 Å². The number of hydrogen-bond donors (Lipinski definition) is 1. The van der Waals surface area contributed by atoms with Crippen LogP contribution in [0.1, 0.15) is 11.1 Å². The van der Waals surface area contributed by atoms with E-state index in [1.807, 2.05) is 0 Å². The second-order valence-electron chi connectivity index (χ2n) is 5.38. The van der Waals surface area contributed by atoms with Crippen molar-refractivity contribution < 1.29 is 31.1 Å². The molecule has 2 aromatic carbocycles. The molecule has 10 heteroatoms. The minimum atomic E-state index is -4.67. The Bertz CT molecular complexity index is 1030. The van der Waals surface area contributed by atoms with Crippen LogP contribution in [0.4, 0.5) is 26.3 Å². The van der Waals surface area contributed by atoms with Crippen molar-refractivity contribution in [3.8, 4) is 11.4 Å². The number of fused-ring (bicyclic) bond motifs is 1. The summed E-state index contributed by atoms with van der Waals surface area (Å²) in [4.78, 5) is 14.4. The maximum absolute atomic E-state index is 13.0. The van der Waals surface area contributed by atoms with Crippen LogP contribution in [0, 0.1) is 0 Å². The summed E-state index contributed by atoms with van der Waals surface area (Å²) in [6.45, 7) is 0. The van der Waals surface area contributed by atoms with Gasteiger partial charge in [0.25, 0.3) is 0 Å². The van der Waals surface area contributed by atoms with Crippen molar-refractivity contribution in [1.82, 2.24) is 9.55 Å². The van der Waals surface area contributed by atoms with Gasteiger partial charge in [0.2, 0.25) is 0 Å². The molecule has 26 heavy (non-hydrogen) atoms. The fraction of sp³-hybridized carbons (Fsp3) is 0.188. The topological polar surface area (TPSA) is 47.0 Å². The number of alkyl halides is 6. The maximum Gasteiger partial charge on any atom is 0.416 e. The van der Waals surface area contributed by atoms with E-state index in [-0.39, 0.29) is 22.5 Å². The molecule has 0 atom stereocenters. The average Bonchev–Trinajstić information content (AvgIpc) is 2.87. The number of nitrogens with zero attached hydrogens (tertiary/aromatic N) is 1. The molecule has 0 radical (unpaired) electrons. The van der Waals surface area contributed by atoms with Gasteiger partial charge in [0.15, 0.2) is 0 Å². The van der Waals surface area contributed by atoms with Crippen LogP contribution in [0.25, 0.3) is 16.7 Å². The Morgan fingerprint density at radius 3 is 2.08 bits per heavy atom. The molecule has 0 aliphatic carbocycles. The van der Waals surface area contributed by atoms with E-state index in [0.717, 1.165) is 28.8 Å². The van der Waals surface area contributed by atoms with E-state index in [4.69, 9.17) is 4.74 Å². The van der Waals surface area contributed by atoms with E-state index in [1.165, 1.54) is 7.11 Å². The van der Waals surface area contributed by atoms with Gasteiger partial charge in [-0.15, -0.1) is 0 Å². The highest BCUT2D eigenvalue weighted by atomic mass is 19.4. The molecule has 138 valence electrons. The zero-order chi connectivity index (χ0) is 19.3. The van der Waals surface area contributed by atoms with Crippen LogP contribution in [0.2, 0.25) is 0 Å². The van der Waals surface area contributed by atoms with Crippen molar-refractivity contribution >= 4 is 11.0 Å². The molecular formula is C16H10F6N2O2. The van der Waals surface area contributed by atoms with Crippen molar-refractivity contribution in [2.45, 2.75) is 12.4 Å². The van der Waals surface area contributed by atoms with Crippen molar-refractivity contribution in [2.75, 3.05) is 7.11 Å². The maximum atomic E-state index is 13.0. The molecular weight excluding hydrogens is 366 g/mol. The monoisotopic (exact) mass is 376 g/mol. The van der Waals surface area contributed by atoms with Crippen LogP contribution >= 0.6 is 0 Å². The Labute approximate surface area is 141 Å². The number of H-pyrrole nitrogens is 1. The molecule has 0 saturated heterocycles. The quantitative estimate of drug-likeness (QED) is 0.676. The lowest BCUT2D eigenvalue weighted by molar-refractivity contribution is -0.138. The molecule has 0 saturated carbocycles. The molecule has 0 fully saturated rings. The largest absolute Gasteiger partial charge is 0.495 e. The summed E-state index contributed by atoms with van der Waals surface area (Å²) in [6.07, 6.45) is -9.29. The Balaban J connectivity index is 2.29. The summed E-state index contributed by atoms with van der Waals surface area (Å²) >= 11 is 0. The first-order chi connectivity index (χ1) is 12.0. The van der Waals surface area contributed by atoms with E-state index < -0.39 is 29.2 Å². The molecule has 4 nitrogen and oxygen atoms in total. The number of aromatic nitrogens is 2. The number of aromatic amines is 1. The molecule has 0 aliphatic heterocycles. The van der Waals surface area contributed by atoms with E-state index in [0.29, 0.717) is 12.1 Å². The smallest absolute Gasteiger partial charge is 0.416 e. The molecule has 0 aliphatic rings. The van der Waals surface area contributed by atoms with Gasteiger partial charge in [0.1, 0.15) is 5.75 Å². The molecule has 1 N–H and O–H groups in total. The average molecular weight is 376 g/mol. The van der Waals surface area contributed by atoms with Gasteiger partial charge < -0.3 is 9.72 Å². The lowest BCUT2D eigenvalue weighted by Gasteiger charge is -2.13. The number of nitrogens with one attached hydrogen (secondary N) is 1. The standard InChI is InChI=1S/C16H10F6N2O2/c1-26-13-5-3-9(16(20,21)22)7-12(13)24-11-4-2-8(15(17,18)19)6-10(11)23-14(24)25/h2-7H,1H3,(H,23,25). The number of methoxy groups -OCH3 is 1. The van der Waals surface area contributed by atoms with Crippen LogP contribution < -0.4 is 10.4 Å². The minimum absolute atomic E-state index is 0.0133. The first kappa shape index (κ1) is 17.9. The van der Waals surface area contributed by atoms with Gasteiger partial charge in [-0.1, -0.05) is 0 Å². The zero-order valence-electron chi connectivity index (χ0n) is 13.0. The van der Waals surface area contributed by atoms with E-state index in [9.17, 15) is 31.1 Å². The fourth-order valence-corrected chi connectivity index (χ4v) is 2.57. The van der Waals surface area contributed by atoms with E-state index in [2.05, 4.69) is 4.98 Å². The van der Waals surface area contributed by atoms with Crippen molar-refractivity contribution in [1.29, 1.82) is 0 Å². The lowest BCUT2D eigenvalue weighted by Crippen LogP contribution is -2.16. The lowest BCUT2D eigenvalue weighted by atomic mass is 10.1. The number of ether oxygens (including phenoxy) is 1. The third-order valence-corrected chi connectivity index (χ3v) is 3.76. The third kappa shape index (κ3) is 3.02. The van der Waals surface area contributed by atoms with Gasteiger partial charge in [0.05, 0.1) is 35.0 Å². The van der Waals surface area contributed by atoms with Crippen LogP contribution in [0.5, 0.6) is 5.75 Å². The molecule has 3 rings (SSSR count). The van der Waals surface area contributed by atoms with Crippen LogP contribution in [0.3, 0.4) is 0 Å². The molecule has 0 bridgehead atoms. The van der Waals surface area contributed by atoms with Gasteiger partial charge in [-0.3, -0.25) is 4.57 Å². The number of rotatable bonds is 2. The molecule has 0 unspecified atom stereocenters.